The van der Waals surface area contributed by atoms with Crippen LogP contribution in [-0.2, 0) is 21.3 Å². The van der Waals surface area contributed by atoms with Gasteiger partial charge < -0.3 is 9.30 Å². The number of sulfonamides is 1. The Morgan fingerprint density at radius 2 is 1.90 bits per heavy atom. The molecular weight excluding hydrogens is 432 g/mol. The highest BCUT2D eigenvalue weighted by molar-refractivity contribution is 7.99. The Hall–Kier alpha value is -1.62. The first-order valence-electron chi connectivity index (χ1n) is 9.29. The standard InChI is InChI=1S/C19H24N2O5S3/c1-4-21-13(2)11-15(14(21)3)16(22)12-26-19(23)18-17(5-8-28-18)29(24,25)20-6-9-27-10-7-20/h5,8,11H,4,6-7,9-10,12H2,1-3H3. The number of aryl methyl sites for hydroxylation is 1. The number of thioether (sulfide) groups is 1. The second-order valence-corrected chi connectivity index (χ2v) is 10.7. The van der Waals surface area contributed by atoms with E-state index < -0.39 is 22.6 Å². The summed E-state index contributed by atoms with van der Waals surface area (Å²) in [6.45, 7) is 6.92. The van der Waals surface area contributed by atoms with Gasteiger partial charge in [-0.1, -0.05) is 0 Å². The Labute approximate surface area is 179 Å². The fourth-order valence-electron chi connectivity index (χ4n) is 3.42. The third kappa shape index (κ3) is 4.45. The number of Topliss-reactive ketones (excluding diaryl/α,β-unsaturated/α-hetero) is 1. The summed E-state index contributed by atoms with van der Waals surface area (Å²) in [5.74, 6) is 0.365. The zero-order chi connectivity index (χ0) is 21.2. The molecule has 0 N–H and O–H groups in total. The van der Waals surface area contributed by atoms with Gasteiger partial charge >= 0.3 is 5.97 Å². The van der Waals surface area contributed by atoms with Crippen molar-refractivity contribution in [2.24, 2.45) is 0 Å². The summed E-state index contributed by atoms with van der Waals surface area (Å²) in [5.41, 5.74) is 2.31. The number of aromatic nitrogens is 1. The van der Waals surface area contributed by atoms with Gasteiger partial charge in [-0.05, 0) is 38.3 Å². The molecule has 7 nitrogen and oxygen atoms in total. The molecule has 0 aliphatic carbocycles. The summed E-state index contributed by atoms with van der Waals surface area (Å²) in [7, 11) is -3.76. The summed E-state index contributed by atoms with van der Waals surface area (Å²) in [4.78, 5) is 25.0. The highest BCUT2D eigenvalue weighted by atomic mass is 32.2. The SMILES string of the molecule is CCn1c(C)cc(C(=O)COC(=O)c2sccc2S(=O)(=O)N2CCSCC2)c1C. The van der Waals surface area contributed by atoms with Crippen molar-refractivity contribution in [1.82, 2.24) is 8.87 Å². The van der Waals surface area contributed by atoms with Crippen LogP contribution in [0.3, 0.4) is 0 Å². The number of rotatable bonds is 7. The number of ether oxygens (including phenoxy) is 1. The average molecular weight is 457 g/mol. The normalized spacial score (nSPS) is 15.4. The molecule has 2 aromatic heterocycles. The molecule has 0 radical (unpaired) electrons. The van der Waals surface area contributed by atoms with Crippen molar-refractivity contribution in [3.8, 4) is 0 Å². The van der Waals surface area contributed by atoms with E-state index >= 15 is 0 Å². The first-order valence-corrected chi connectivity index (χ1v) is 12.8. The third-order valence-corrected chi connectivity index (χ3v) is 8.83. The molecule has 1 aliphatic rings. The van der Waals surface area contributed by atoms with Crippen molar-refractivity contribution >= 4 is 44.9 Å². The zero-order valence-corrected chi connectivity index (χ0v) is 19.1. The van der Waals surface area contributed by atoms with Crippen LogP contribution in [0.5, 0.6) is 0 Å². The average Bonchev–Trinajstić information content (AvgIpc) is 3.31. The van der Waals surface area contributed by atoms with Gasteiger partial charge in [0, 0.05) is 48.1 Å². The minimum atomic E-state index is -3.76. The molecule has 0 unspecified atom stereocenters. The van der Waals surface area contributed by atoms with E-state index in [1.54, 1.807) is 23.2 Å². The maximum absolute atomic E-state index is 12.9. The maximum Gasteiger partial charge on any atom is 0.350 e. The zero-order valence-electron chi connectivity index (χ0n) is 16.6. The Kier molecular flexibility index (Phi) is 6.87. The van der Waals surface area contributed by atoms with E-state index in [4.69, 9.17) is 4.74 Å². The summed E-state index contributed by atoms with van der Waals surface area (Å²) in [6.07, 6.45) is 0. The molecule has 3 rings (SSSR count). The van der Waals surface area contributed by atoms with Crippen LogP contribution >= 0.6 is 23.1 Å². The van der Waals surface area contributed by atoms with E-state index in [2.05, 4.69) is 0 Å². The fraction of sp³-hybridized carbons (Fsp3) is 0.474. The van der Waals surface area contributed by atoms with Crippen LogP contribution in [-0.4, -0.2) is 60.2 Å². The largest absolute Gasteiger partial charge is 0.453 e. The van der Waals surface area contributed by atoms with Crippen molar-refractivity contribution in [2.45, 2.75) is 32.2 Å². The summed E-state index contributed by atoms with van der Waals surface area (Å²) in [5, 5.41) is 1.55. The van der Waals surface area contributed by atoms with Gasteiger partial charge in [0.1, 0.15) is 9.77 Å². The number of nitrogens with zero attached hydrogens (tertiary/aromatic N) is 2. The van der Waals surface area contributed by atoms with Gasteiger partial charge in [-0.25, -0.2) is 13.2 Å². The van der Waals surface area contributed by atoms with Crippen molar-refractivity contribution in [3.05, 3.63) is 39.3 Å². The number of carbonyl (C=O) groups is 2. The predicted molar refractivity (Wildman–Crippen MR) is 115 cm³/mol. The van der Waals surface area contributed by atoms with Gasteiger partial charge in [0.25, 0.3) is 0 Å². The second-order valence-electron chi connectivity index (χ2n) is 6.66. The van der Waals surface area contributed by atoms with E-state index in [9.17, 15) is 18.0 Å². The molecule has 0 aromatic carbocycles. The molecule has 29 heavy (non-hydrogen) atoms. The summed E-state index contributed by atoms with van der Waals surface area (Å²) >= 11 is 2.71. The predicted octanol–water partition coefficient (Wildman–Crippen LogP) is 2.96. The highest BCUT2D eigenvalue weighted by Gasteiger charge is 2.32. The molecule has 1 fully saturated rings. The molecule has 10 heteroatoms. The smallest absolute Gasteiger partial charge is 0.350 e. The van der Waals surface area contributed by atoms with Crippen LogP contribution in [0.2, 0.25) is 0 Å². The Morgan fingerprint density at radius 3 is 2.52 bits per heavy atom. The van der Waals surface area contributed by atoms with Gasteiger partial charge in [-0.2, -0.15) is 16.1 Å². The van der Waals surface area contributed by atoms with Gasteiger partial charge in [-0.15, -0.1) is 11.3 Å². The molecule has 0 saturated carbocycles. The van der Waals surface area contributed by atoms with Crippen molar-refractivity contribution in [2.75, 3.05) is 31.2 Å². The van der Waals surface area contributed by atoms with Crippen LogP contribution in [0.1, 0.15) is 38.3 Å². The first kappa shape index (κ1) is 22.1. The molecule has 0 atom stereocenters. The lowest BCUT2D eigenvalue weighted by Crippen LogP contribution is -2.38. The monoisotopic (exact) mass is 456 g/mol. The number of hydrogen-bond donors (Lipinski definition) is 0. The lowest BCUT2D eigenvalue weighted by atomic mass is 10.1. The van der Waals surface area contributed by atoms with Crippen molar-refractivity contribution in [1.29, 1.82) is 0 Å². The molecule has 3 heterocycles. The van der Waals surface area contributed by atoms with Gasteiger partial charge in [0.05, 0.1) is 0 Å². The minimum absolute atomic E-state index is 0.00931. The van der Waals surface area contributed by atoms with E-state index in [0.29, 0.717) is 18.7 Å². The van der Waals surface area contributed by atoms with Crippen LogP contribution in [0.4, 0.5) is 0 Å². The molecule has 1 saturated heterocycles. The van der Waals surface area contributed by atoms with Crippen LogP contribution in [0.25, 0.3) is 0 Å². The van der Waals surface area contributed by atoms with Gasteiger partial charge in [0.2, 0.25) is 15.8 Å². The molecule has 0 amide bonds. The molecule has 1 aliphatic heterocycles. The molecule has 0 spiro atoms. The topological polar surface area (TPSA) is 85.7 Å². The third-order valence-electron chi connectivity index (χ3n) is 4.93. The summed E-state index contributed by atoms with van der Waals surface area (Å²) in [6, 6.07) is 3.21. The second kappa shape index (κ2) is 9.03. The Morgan fingerprint density at radius 1 is 1.21 bits per heavy atom. The number of carbonyl (C=O) groups excluding carboxylic acids is 2. The van der Waals surface area contributed by atoms with Gasteiger partial charge in [-0.3, -0.25) is 4.79 Å². The lowest BCUT2D eigenvalue weighted by Gasteiger charge is -2.25. The van der Waals surface area contributed by atoms with Crippen LogP contribution < -0.4 is 0 Å². The Bertz CT molecular complexity index is 1020. The van der Waals surface area contributed by atoms with Crippen molar-refractivity contribution < 1.29 is 22.7 Å². The number of ketones is 1. The van der Waals surface area contributed by atoms with Crippen LogP contribution in [0, 0.1) is 13.8 Å². The van der Waals surface area contributed by atoms with E-state index in [1.165, 1.54) is 10.4 Å². The minimum Gasteiger partial charge on any atom is -0.453 e. The van der Waals surface area contributed by atoms with Gasteiger partial charge in [0.15, 0.2) is 6.61 Å². The Balaban J connectivity index is 1.73. The molecular formula is C19H24N2O5S3. The quantitative estimate of drug-likeness (QED) is 0.470. The molecule has 158 valence electrons. The van der Waals surface area contributed by atoms with Crippen molar-refractivity contribution in [3.63, 3.8) is 0 Å². The highest BCUT2D eigenvalue weighted by Crippen LogP contribution is 2.28. The van der Waals surface area contributed by atoms with E-state index in [-0.39, 0.29) is 15.6 Å². The maximum atomic E-state index is 12.9. The lowest BCUT2D eigenvalue weighted by molar-refractivity contribution is 0.0476. The fourth-order valence-corrected chi connectivity index (χ4v) is 7.28. The van der Waals surface area contributed by atoms with E-state index in [0.717, 1.165) is 40.8 Å². The van der Waals surface area contributed by atoms with E-state index in [1.807, 2.05) is 25.3 Å². The number of hydrogen-bond acceptors (Lipinski definition) is 7. The number of thiophene rings is 1. The summed E-state index contributed by atoms with van der Waals surface area (Å²) < 4.78 is 34.4. The molecule has 2 aromatic rings. The van der Waals surface area contributed by atoms with Crippen LogP contribution in [0.15, 0.2) is 22.4 Å². The molecule has 0 bridgehead atoms. The first-order chi connectivity index (χ1) is 13.8. The number of esters is 1.